The van der Waals surface area contributed by atoms with Crippen LogP contribution in [0.15, 0.2) is 36.4 Å². The SMILES string of the molecule is CNC(=O)CN(C)C(=O)c1ccc(F)c2ccccc12. The zero-order valence-electron chi connectivity index (χ0n) is 11.3. The Morgan fingerprint density at radius 2 is 1.80 bits per heavy atom. The lowest BCUT2D eigenvalue weighted by Crippen LogP contribution is -2.37. The maximum absolute atomic E-state index is 13.7. The Hall–Kier alpha value is -2.43. The molecule has 0 unspecified atom stereocenters. The molecule has 0 atom stereocenters. The highest BCUT2D eigenvalue weighted by Crippen LogP contribution is 2.22. The molecule has 0 aromatic heterocycles. The van der Waals surface area contributed by atoms with E-state index in [9.17, 15) is 14.0 Å². The minimum absolute atomic E-state index is 0.0406. The molecule has 0 spiro atoms. The molecule has 2 rings (SSSR count). The van der Waals surface area contributed by atoms with Crippen LogP contribution in [0.2, 0.25) is 0 Å². The number of carbonyl (C=O) groups is 2. The van der Waals surface area contributed by atoms with Gasteiger partial charge in [-0.05, 0) is 17.5 Å². The lowest BCUT2D eigenvalue weighted by molar-refractivity contribution is -0.121. The van der Waals surface area contributed by atoms with Gasteiger partial charge in [0, 0.05) is 25.0 Å². The highest BCUT2D eigenvalue weighted by molar-refractivity contribution is 6.07. The van der Waals surface area contributed by atoms with E-state index in [0.717, 1.165) is 0 Å². The fourth-order valence-electron chi connectivity index (χ4n) is 2.02. The molecule has 0 heterocycles. The number of rotatable bonds is 3. The van der Waals surface area contributed by atoms with Crippen molar-refractivity contribution in [2.24, 2.45) is 0 Å². The third kappa shape index (κ3) is 2.61. The first-order valence-corrected chi connectivity index (χ1v) is 6.18. The van der Waals surface area contributed by atoms with Gasteiger partial charge in [0.1, 0.15) is 5.82 Å². The molecular formula is C15H15FN2O2. The Labute approximate surface area is 116 Å². The van der Waals surface area contributed by atoms with Crippen molar-refractivity contribution in [1.29, 1.82) is 0 Å². The Morgan fingerprint density at radius 1 is 1.15 bits per heavy atom. The zero-order chi connectivity index (χ0) is 14.7. The summed E-state index contributed by atoms with van der Waals surface area (Å²) in [4.78, 5) is 25.0. The number of likely N-dealkylation sites (N-methyl/N-ethyl adjacent to an activating group) is 2. The molecular weight excluding hydrogens is 259 g/mol. The number of fused-ring (bicyclic) bond motifs is 1. The largest absolute Gasteiger partial charge is 0.358 e. The fourth-order valence-corrected chi connectivity index (χ4v) is 2.02. The van der Waals surface area contributed by atoms with Crippen molar-refractivity contribution in [1.82, 2.24) is 10.2 Å². The van der Waals surface area contributed by atoms with Crippen LogP contribution >= 0.6 is 0 Å². The van der Waals surface area contributed by atoms with Crippen LogP contribution in [0.1, 0.15) is 10.4 Å². The lowest BCUT2D eigenvalue weighted by atomic mass is 10.0. The average molecular weight is 274 g/mol. The summed E-state index contributed by atoms with van der Waals surface area (Å²) in [5.74, 6) is -0.942. The van der Waals surface area contributed by atoms with Gasteiger partial charge in [0.05, 0.1) is 6.54 Å². The average Bonchev–Trinajstić information content (AvgIpc) is 2.47. The van der Waals surface area contributed by atoms with Crippen LogP contribution in [0.5, 0.6) is 0 Å². The Kier molecular flexibility index (Phi) is 3.98. The quantitative estimate of drug-likeness (QED) is 0.927. The molecule has 20 heavy (non-hydrogen) atoms. The van der Waals surface area contributed by atoms with Gasteiger partial charge in [-0.1, -0.05) is 24.3 Å². The molecule has 4 nitrogen and oxygen atoms in total. The van der Waals surface area contributed by atoms with Gasteiger partial charge in [0.15, 0.2) is 0 Å². The van der Waals surface area contributed by atoms with Crippen LogP contribution in [0, 0.1) is 5.82 Å². The van der Waals surface area contributed by atoms with Gasteiger partial charge in [0.25, 0.3) is 5.91 Å². The maximum atomic E-state index is 13.7. The van der Waals surface area contributed by atoms with Crippen LogP contribution in [0.25, 0.3) is 10.8 Å². The normalized spacial score (nSPS) is 10.3. The molecule has 0 aliphatic heterocycles. The van der Waals surface area contributed by atoms with Crippen LogP contribution in [0.3, 0.4) is 0 Å². The molecule has 0 fully saturated rings. The van der Waals surface area contributed by atoms with Crippen molar-refractivity contribution >= 4 is 22.6 Å². The van der Waals surface area contributed by atoms with Crippen LogP contribution in [-0.2, 0) is 4.79 Å². The van der Waals surface area contributed by atoms with E-state index in [1.54, 1.807) is 24.3 Å². The molecule has 1 N–H and O–H groups in total. The Morgan fingerprint density at radius 3 is 2.45 bits per heavy atom. The summed E-state index contributed by atoms with van der Waals surface area (Å²) < 4.78 is 13.7. The summed E-state index contributed by atoms with van der Waals surface area (Å²) in [6.45, 7) is -0.0406. The number of benzene rings is 2. The number of hydrogen-bond donors (Lipinski definition) is 1. The van der Waals surface area contributed by atoms with Gasteiger partial charge in [-0.25, -0.2) is 4.39 Å². The van der Waals surface area contributed by atoms with E-state index >= 15 is 0 Å². The van der Waals surface area contributed by atoms with Gasteiger partial charge in [-0.2, -0.15) is 0 Å². The summed E-state index contributed by atoms with van der Waals surface area (Å²) >= 11 is 0. The molecule has 0 aliphatic carbocycles. The topological polar surface area (TPSA) is 49.4 Å². The molecule has 0 aliphatic rings. The third-order valence-electron chi connectivity index (χ3n) is 3.11. The van der Waals surface area contributed by atoms with E-state index < -0.39 is 0 Å². The first kappa shape index (κ1) is 14.0. The van der Waals surface area contributed by atoms with Crippen LogP contribution < -0.4 is 5.32 Å². The van der Waals surface area contributed by atoms with Crippen molar-refractivity contribution in [2.45, 2.75) is 0 Å². The second-order valence-corrected chi connectivity index (χ2v) is 4.47. The number of hydrogen-bond acceptors (Lipinski definition) is 2. The number of nitrogens with one attached hydrogen (secondary N) is 1. The molecule has 2 aromatic carbocycles. The van der Waals surface area contributed by atoms with Gasteiger partial charge in [-0.15, -0.1) is 0 Å². The van der Waals surface area contributed by atoms with E-state index in [2.05, 4.69) is 5.32 Å². The summed E-state index contributed by atoms with van der Waals surface area (Å²) in [5.41, 5.74) is 0.383. The number of carbonyl (C=O) groups excluding carboxylic acids is 2. The van der Waals surface area contributed by atoms with Gasteiger partial charge < -0.3 is 10.2 Å². The van der Waals surface area contributed by atoms with Crippen molar-refractivity contribution in [3.05, 3.63) is 47.8 Å². The molecule has 0 saturated heterocycles. The van der Waals surface area contributed by atoms with Crippen LogP contribution in [0.4, 0.5) is 4.39 Å². The first-order chi connectivity index (χ1) is 9.54. The van der Waals surface area contributed by atoms with Crippen LogP contribution in [-0.4, -0.2) is 37.4 Å². The molecule has 2 aromatic rings. The molecule has 2 amide bonds. The summed E-state index contributed by atoms with van der Waals surface area (Å²) in [5, 5.41) is 3.39. The fraction of sp³-hybridized carbons (Fsp3) is 0.200. The molecule has 0 bridgehead atoms. The Bertz CT molecular complexity index is 670. The molecule has 0 saturated carbocycles. The maximum Gasteiger partial charge on any atom is 0.254 e. The smallest absolute Gasteiger partial charge is 0.254 e. The summed E-state index contributed by atoms with van der Waals surface area (Å²) in [6, 6.07) is 9.49. The first-order valence-electron chi connectivity index (χ1n) is 6.18. The third-order valence-corrected chi connectivity index (χ3v) is 3.11. The van der Waals surface area contributed by atoms with Crippen molar-refractivity contribution in [3.63, 3.8) is 0 Å². The monoisotopic (exact) mass is 274 g/mol. The molecule has 5 heteroatoms. The molecule has 0 radical (unpaired) electrons. The lowest BCUT2D eigenvalue weighted by Gasteiger charge is -2.17. The van der Waals surface area contributed by atoms with Crippen molar-refractivity contribution in [3.8, 4) is 0 Å². The van der Waals surface area contributed by atoms with Gasteiger partial charge >= 0.3 is 0 Å². The second kappa shape index (κ2) is 5.69. The Balaban J connectivity index is 2.40. The number of halogens is 1. The highest BCUT2D eigenvalue weighted by Gasteiger charge is 2.17. The zero-order valence-corrected chi connectivity index (χ0v) is 11.3. The summed E-state index contributed by atoms with van der Waals surface area (Å²) in [7, 11) is 3.05. The minimum Gasteiger partial charge on any atom is -0.358 e. The van der Waals surface area contributed by atoms with E-state index in [0.29, 0.717) is 16.3 Å². The van der Waals surface area contributed by atoms with E-state index in [4.69, 9.17) is 0 Å². The molecule has 104 valence electrons. The standard InChI is InChI=1S/C15H15FN2O2/c1-17-14(19)9-18(2)15(20)12-7-8-13(16)11-6-4-3-5-10(11)12/h3-8H,9H2,1-2H3,(H,17,19). The predicted molar refractivity (Wildman–Crippen MR) is 74.9 cm³/mol. The van der Waals surface area contributed by atoms with E-state index in [1.165, 1.54) is 31.1 Å². The van der Waals surface area contributed by atoms with Gasteiger partial charge in [-0.3, -0.25) is 9.59 Å². The summed E-state index contributed by atoms with van der Waals surface area (Å²) in [6.07, 6.45) is 0. The van der Waals surface area contributed by atoms with Crippen molar-refractivity contribution < 1.29 is 14.0 Å². The van der Waals surface area contributed by atoms with E-state index in [-0.39, 0.29) is 24.2 Å². The highest BCUT2D eigenvalue weighted by atomic mass is 19.1. The predicted octanol–water partition coefficient (Wildman–Crippen LogP) is 1.80. The van der Waals surface area contributed by atoms with E-state index in [1.807, 2.05) is 0 Å². The second-order valence-electron chi connectivity index (χ2n) is 4.47. The minimum atomic E-state index is -0.369. The van der Waals surface area contributed by atoms with Gasteiger partial charge in [0.2, 0.25) is 5.91 Å². The van der Waals surface area contributed by atoms with Crippen molar-refractivity contribution in [2.75, 3.05) is 20.6 Å². The number of amides is 2. The number of nitrogens with zero attached hydrogens (tertiary/aromatic N) is 1.